The van der Waals surface area contributed by atoms with Crippen LogP contribution < -0.4 is 3.27 Å². The van der Waals surface area contributed by atoms with Crippen LogP contribution in [-0.2, 0) is 0 Å². The standard InChI is InChI=1S/C6H5.2C4H9.Bi/c1-2-4-6-5-3-1;2*1-3-4-2;/h1-5H;2*1,3-4H2,2H3;. The third-order valence-corrected chi connectivity index (χ3v) is 13.3. The Morgan fingerprint density at radius 1 is 0.867 bits per heavy atom. The zero-order valence-corrected chi connectivity index (χ0v) is 13.6. The van der Waals surface area contributed by atoms with Gasteiger partial charge < -0.3 is 0 Å². The van der Waals surface area contributed by atoms with Crippen LogP contribution in [0.25, 0.3) is 0 Å². The Morgan fingerprint density at radius 2 is 1.40 bits per heavy atom. The van der Waals surface area contributed by atoms with E-state index in [4.69, 9.17) is 0 Å². The topological polar surface area (TPSA) is 0 Å². The van der Waals surface area contributed by atoms with Gasteiger partial charge in [-0.3, -0.25) is 0 Å². The van der Waals surface area contributed by atoms with Gasteiger partial charge in [0.2, 0.25) is 0 Å². The second-order valence-corrected chi connectivity index (χ2v) is 13.7. The number of benzene rings is 1. The number of rotatable bonds is 7. The first-order chi connectivity index (χ1) is 7.38. The molecular formula is C14H23Bi. The molecule has 84 valence electrons. The third-order valence-electron chi connectivity index (χ3n) is 2.68. The molecule has 0 nitrogen and oxygen atoms in total. The van der Waals surface area contributed by atoms with Gasteiger partial charge in [-0.25, -0.2) is 0 Å². The van der Waals surface area contributed by atoms with Crippen molar-refractivity contribution in [3.8, 4) is 0 Å². The molecule has 0 unspecified atom stereocenters. The molecule has 0 atom stereocenters. The van der Waals surface area contributed by atoms with Crippen LogP contribution in [0, 0.1) is 0 Å². The summed E-state index contributed by atoms with van der Waals surface area (Å²) >= 11 is -1.29. The van der Waals surface area contributed by atoms with Crippen molar-refractivity contribution in [1.29, 1.82) is 0 Å². The number of hydrogen-bond donors (Lipinski definition) is 0. The van der Waals surface area contributed by atoms with Crippen molar-refractivity contribution in [3.63, 3.8) is 0 Å². The molecule has 1 aromatic carbocycles. The Bertz CT molecular complexity index is 235. The molecule has 0 aliphatic rings. The molecule has 0 aliphatic carbocycles. The summed E-state index contributed by atoms with van der Waals surface area (Å²) in [6, 6.07) is 11.3. The van der Waals surface area contributed by atoms with E-state index in [1.165, 1.54) is 25.7 Å². The second kappa shape index (κ2) is 8.28. The molecule has 0 bridgehead atoms. The van der Waals surface area contributed by atoms with Gasteiger partial charge in [0, 0.05) is 0 Å². The van der Waals surface area contributed by atoms with Crippen LogP contribution in [-0.4, -0.2) is 21.8 Å². The van der Waals surface area contributed by atoms with Gasteiger partial charge >= 0.3 is 103 Å². The first-order valence-corrected chi connectivity index (χ1v) is 12.8. The number of unbranched alkanes of at least 4 members (excludes halogenated alkanes) is 2. The van der Waals surface area contributed by atoms with Crippen molar-refractivity contribution in [2.45, 2.75) is 47.8 Å². The van der Waals surface area contributed by atoms with Gasteiger partial charge in [0.25, 0.3) is 0 Å². The van der Waals surface area contributed by atoms with E-state index in [0.29, 0.717) is 0 Å². The first kappa shape index (κ1) is 13.2. The summed E-state index contributed by atoms with van der Waals surface area (Å²) in [5, 5.41) is 0. The number of hydrogen-bond acceptors (Lipinski definition) is 0. The Morgan fingerprint density at radius 3 is 1.87 bits per heavy atom. The molecule has 1 rings (SSSR count). The van der Waals surface area contributed by atoms with Crippen LogP contribution in [0.4, 0.5) is 0 Å². The van der Waals surface area contributed by atoms with E-state index < -0.39 is 21.8 Å². The predicted molar refractivity (Wildman–Crippen MR) is 71.3 cm³/mol. The fourth-order valence-electron chi connectivity index (χ4n) is 1.71. The molecule has 0 aliphatic heterocycles. The first-order valence-electron chi connectivity index (χ1n) is 6.18. The van der Waals surface area contributed by atoms with E-state index in [0.717, 1.165) is 0 Å². The van der Waals surface area contributed by atoms with Crippen molar-refractivity contribution < 1.29 is 0 Å². The molecule has 0 aromatic heterocycles. The zero-order chi connectivity index (χ0) is 10.9. The van der Waals surface area contributed by atoms with Gasteiger partial charge in [0.05, 0.1) is 0 Å². The Kier molecular flexibility index (Phi) is 7.27. The minimum atomic E-state index is -1.29. The van der Waals surface area contributed by atoms with Gasteiger partial charge in [-0.05, 0) is 0 Å². The van der Waals surface area contributed by atoms with Crippen molar-refractivity contribution >= 4 is 25.0 Å². The molecule has 0 fully saturated rings. The van der Waals surface area contributed by atoms with Gasteiger partial charge in [-0.1, -0.05) is 0 Å². The summed E-state index contributed by atoms with van der Waals surface area (Å²) in [6.07, 6.45) is 5.64. The van der Waals surface area contributed by atoms with Gasteiger partial charge in [0.15, 0.2) is 0 Å². The van der Waals surface area contributed by atoms with Crippen molar-refractivity contribution in [3.05, 3.63) is 30.3 Å². The molecule has 0 spiro atoms. The summed E-state index contributed by atoms with van der Waals surface area (Å²) in [6.45, 7) is 4.62. The summed E-state index contributed by atoms with van der Waals surface area (Å²) in [5.74, 6) is 0. The summed E-state index contributed by atoms with van der Waals surface area (Å²) < 4.78 is 4.88. The van der Waals surface area contributed by atoms with Crippen LogP contribution in [0.2, 0.25) is 8.26 Å². The van der Waals surface area contributed by atoms with Crippen LogP contribution in [0.5, 0.6) is 0 Å². The molecule has 0 amide bonds. The van der Waals surface area contributed by atoms with E-state index in [1.54, 1.807) is 11.5 Å². The van der Waals surface area contributed by atoms with Crippen LogP contribution in [0.15, 0.2) is 30.3 Å². The quantitative estimate of drug-likeness (QED) is 0.608. The molecule has 15 heavy (non-hydrogen) atoms. The molecule has 1 aromatic rings. The molecule has 0 heterocycles. The van der Waals surface area contributed by atoms with Crippen LogP contribution in [0.1, 0.15) is 39.5 Å². The Hall–Kier alpha value is 0.103. The van der Waals surface area contributed by atoms with Crippen molar-refractivity contribution in [1.82, 2.24) is 0 Å². The zero-order valence-electron chi connectivity index (χ0n) is 10.1. The summed E-state index contributed by atoms with van der Waals surface area (Å²) in [7, 11) is 0. The molecule has 0 N–H and O–H groups in total. The Balaban J connectivity index is 2.55. The summed E-state index contributed by atoms with van der Waals surface area (Å²) in [5.41, 5.74) is 0. The molecule has 1 heteroatoms. The van der Waals surface area contributed by atoms with E-state index in [-0.39, 0.29) is 0 Å². The van der Waals surface area contributed by atoms with E-state index >= 15 is 0 Å². The molecule has 0 radical (unpaired) electrons. The molecular weight excluding hydrogens is 377 g/mol. The Labute approximate surface area is 103 Å². The average molecular weight is 400 g/mol. The van der Waals surface area contributed by atoms with Gasteiger partial charge in [0.1, 0.15) is 0 Å². The summed E-state index contributed by atoms with van der Waals surface area (Å²) in [4.78, 5) is 0. The molecule has 0 saturated heterocycles. The SMILES string of the molecule is CCC[CH2][Bi]([CH2]CCC)[c]1ccccc1. The van der Waals surface area contributed by atoms with E-state index in [2.05, 4.69) is 44.2 Å². The van der Waals surface area contributed by atoms with Crippen LogP contribution >= 0.6 is 0 Å². The monoisotopic (exact) mass is 400 g/mol. The van der Waals surface area contributed by atoms with Gasteiger partial charge in [-0.15, -0.1) is 0 Å². The predicted octanol–water partition coefficient (Wildman–Crippen LogP) is 3.99. The van der Waals surface area contributed by atoms with Crippen molar-refractivity contribution in [2.24, 2.45) is 0 Å². The van der Waals surface area contributed by atoms with Crippen molar-refractivity contribution in [2.75, 3.05) is 0 Å². The normalized spacial score (nSPS) is 10.9. The maximum atomic E-state index is 2.38. The third kappa shape index (κ3) is 5.11. The fourth-order valence-corrected chi connectivity index (χ4v) is 12.3. The minimum absolute atomic E-state index is 1.29. The van der Waals surface area contributed by atoms with E-state index in [9.17, 15) is 0 Å². The van der Waals surface area contributed by atoms with Crippen LogP contribution in [0.3, 0.4) is 0 Å². The molecule has 0 saturated carbocycles. The van der Waals surface area contributed by atoms with Gasteiger partial charge in [-0.2, -0.15) is 0 Å². The fraction of sp³-hybridized carbons (Fsp3) is 0.571. The maximum absolute atomic E-state index is 2.38. The van der Waals surface area contributed by atoms with E-state index in [1.807, 2.05) is 0 Å². The average Bonchev–Trinajstić information content (AvgIpc) is 2.30. The second-order valence-electron chi connectivity index (χ2n) is 4.03.